The van der Waals surface area contributed by atoms with Crippen molar-refractivity contribution < 1.29 is 9.50 Å². The van der Waals surface area contributed by atoms with Crippen LogP contribution in [-0.4, -0.2) is 17.3 Å². The summed E-state index contributed by atoms with van der Waals surface area (Å²) >= 11 is 0. The first-order chi connectivity index (χ1) is 7.91. The van der Waals surface area contributed by atoms with Crippen LogP contribution in [0.25, 0.3) is 0 Å². The molecule has 17 heavy (non-hydrogen) atoms. The number of nitrogens with two attached hydrogens (primary N) is 1. The lowest BCUT2D eigenvalue weighted by Gasteiger charge is -2.31. The Morgan fingerprint density at radius 3 is 2.65 bits per heavy atom. The maximum atomic E-state index is 13.3. The van der Waals surface area contributed by atoms with Crippen molar-refractivity contribution >= 4 is 11.4 Å². The van der Waals surface area contributed by atoms with Crippen LogP contribution < -0.4 is 11.1 Å². The lowest BCUT2D eigenvalue weighted by atomic mass is 9.94. The fraction of sp³-hybridized carbons (Fsp3) is 0.538. The Bertz CT molecular complexity index is 395. The van der Waals surface area contributed by atoms with E-state index in [-0.39, 0.29) is 18.0 Å². The summed E-state index contributed by atoms with van der Waals surface area (Å²) in [5.74, 6) is -0.298. The molecule has 4 N–H and O–H groups in total. The average Bonchev–Trinajstić information content (AvgIpc) is 2.26. The molecule has 0 saturated carbocycles. The van der Waals surface area contributed by atoms with Crippen molar-refractivity contribution in [3.63, 3.8) is 0 Å². The smallest absolute Gasteiger partial charge is 0.128 e. The van der Waals surface area contributed by atoms with Crippen LogP contribution in [0.15, 0.2) is 12.1 Å². The summed E-state index contributed by atoms with van der Waals surface area (Å²) in [7, 11) is 0. The zero-order valence-electron chi connectivity index (χ0n) is 10.7. The maximum Gasteiger partial charge on any atom is 0.128 e. The summed E-state index contributed by atoms with van der Waals surface area (Å²) in [5, 5.41) is 12.3. The lowest BCUT2D eigenvalue weighted by Crippen LogP contribution is -2.35. The van der Waals surface area contributed by atoms with E-state index in [0.29, 0.717) is 17.7 Å². The average molecular weight is 240 g/mol. The summed E-state index contributed by atoms with van der Waals surface area (Å²) in [4.78, 5) is 0. The van der Waals surface area contributed by atoms with Crippen molar-refractivity contribution in [2.24, 2.45) is 0 Å². The molecule has 4 heteroatoms. The van der Waals surface area contributed by atoms with E-state index in [1.807, 2.05) is 13.8 Å². The first kappa shape index (κ1) is 13.8. The predicted octanol–water partition coefficient (Wildman–Crippen LogP) is 2.68. The Hall–Kier alpha value is -1.29. The molecular weight excluding hydrogens is 219 g/mol. The number of benzene rings is 1. The Labute approximate surface area is 102 Å². The molecule has 1 aromatic carbocycles. The second-order valence-electron chi connectivity index (χ2n) is 4.70. The van der Waals surface area contributed by atoms with Crippen LogP contribution in [0.4, 0.5) is 15.8 Å². The molecule has 0 aliphatic carbocycles. The summed E-state index contributed by atoms with van der Waals surface area (Å²) < 4.78 is 13.3. The molecule has 0 aliphatic heterocycles. The molecule has 1 rings (SSSR count). The summed E-state index contributed by atoms with van der Waals surface area (Å²) in [6, 6.07) is 3.03. The molecule has 0 amide bonds. The van der Waals surface area contributed by atoms with Crippen molar-refractivity contribution in [1.82, 2.24) is 0 Å². The fourth-order valence-electron chi connectivity index (χ4n) is 1.70. The molecule has 0 spiro atoms. The van der Waals surface area contributed by atoms with Gasteiger partial charge in [-0.15, -0.1) is 0 Å². The van der Waals surface area contributed by atoms with E-state index in [1.54, 1.807) is 13.0 Å². The Kier molecular flexibility index (Phi) is 4.34. The largest absolute Gasteiger partial charge is 0.397 e. The van der Waals surface area contributed by atoms with Crippen LogP contribution in [0.3, 0.4) is 0 Å². The third-order valence-corrected chi connectivity index (χ3v) is 3.21. The molecule has 0 aromatic heterocycles. The molecule has 96 valence electrons. The van der Waals surface area contributed by atoms with E-state index >= 15 is 0 Å². The van der Waals surface area contributed by atoms with Gasteiger partial charge in [-0.1, -0.05) is 6.92 Å². The van der Waals surface area contributed by atoms with Gasteiger partial charge < -0.3 is 16.2 Å². The molecule has 0 radical (unpaired) electrons. The van der Waals surface area contributed by atoms with E-state index in [0.717, 1.165) is 12.1 Å². The van der Waals surface area contributed by atoms with Gasteiger partial charge in [-0.3, -0.25) is 0 Å². The molecule has 0 bridgehead atoms. The predicted molar refractivity (Wildman–Crippen MR) is 69.6 cm³/mol. The van der Waals surface area contributed by atoms with Gasteiger partial charge in [0.2, 0.25) is 0 Å². The topological polar surface area (TPSA) is 58.3 Å². The van der Waals surface area contributed by atoms with E-state index in [2.05, 4.69) is 5.32 Å². The van der Waals surface area contributed by atoms with Crippen LogP contribution in [0, 0.1) is 12.7 Å². The summed E-state index contributed by atoms with van der Waals surface area (Å²) in [5.41, 5.74) is 7.23. The van der Waals surface area contributed by atoms with Gasteiger partial charge in [0.05, 0.1) is 11.4 Å². The number of hydrogen-bond acceptors (Lipinski definition) is 3. The van der Waals surface area contributed by atoms with Crippen LogP contribution >= 0.6 is 0 Å². The van der Waals surface area contributed by atoms with Crippen LogP contribution in [-0.2, 0) is 0 Å². The normalized spacial score (nSPS) is 14.4. The zero-order chi connectivity index (χ0) is 13.1. The number of nitrogen functional groups attached to an aromatic ring is 1. The van der Waals surface area contributed by atoms with E-state index < -0.39 is 0 Å². The lowest BCUT2D eigenvalue weighted by molar-refractivity contribution is 0.252. The van der Waals surface area contributed by atoms with E-state index in [4.69, 9.17) is 10.8 Å². The zero-order valence-corrected chi connectivity index (χ0v) is 10.7. The van der Waals surface area contributed by atoms with Gasteiger partial charge in [0, 0.05) is 12.1 Å². The van der Waals surface area contributed by atoms with Gasteiger partial charge in [0.25, 0.3) is 0 Å². The SMILES string of the molecule is CCC(C)(CCO)Nc1cc(C)c(F)cc1N. The minimum Gasteiger partial charge on any atom is -0.397 e. The highest BCUT2D eigenvalue weighted by Crippen LogP contribution is 2.28. The quantitative estimate of drug-likeness (QED) is 0.693. The molecule has 1 atom stereocenters. The third kappa shape index (κ3) is 3.33. The number of aliphatic hydroxyl groups excluding tert-OH is 1. The first-order valence-electron chi connectivity index (χ1n) is 5.86. The molecule has 0 heterocycles. The fourth-order valence-corrected chi connectivity index (χ4v) is 1.70. The number of aryl methyl sites for hydroxylation is 1. The number of rotatable bonds is 5. The minimum absolute atomic E-state index is 0.109. The van der Waals surface area contributed by atoms with E-state index in [1.165, 1.54) is 6.07 Å². The Morgan fingerprint density at radius 2 is 2.12 bits per heavy atom. The highest BCUT2D eigenvalue weighted by Gasteiger charge is 2.22. The maximum absolute atomic E-state index is 13.3. The second kappa shape index (κ2) is 5.36. The van der Waals surface area contributed by atoms with Gasteiger partial charge in [0.15, 0.2) is 0 Å². The van der Waals surface area contributed by atoms with Crippen molar-refractivity contribution in [3.05, 3.63) is 23.5 Å². The standard InChI is InChI=1S/C13H21FN2O/c1-4-13(3,5-6-17)16-12-7-9(2)10(14)8-11(12)15/h7-8,16-17H,4-6,15H2,1-3H3. The van der Waals surface area contributed by atoms with Crippen molar-refractivity contribution in [2.75, 3.05) is 17.7 Å². The molecule has 3 nitrogen and oxygen atoms in total. The first-order valence-corrected chi connectivity index (χ1v) is 5.86. The molecular formula is C13H21FN2O. The minimum atomic E-state index is -0.298. The summed E-state index contributed by atoms with van der Waals surface area (Å²) in [6.07, 6.45) is 1.47. The number of aliphatic hydroxyl groups is 1. The summed E-state index contributed by atoms with van der Waals surface area (Å²) in [6.45, 7) is 5.86. The van der Waals surface area contributed by atoms with Gasteiger partial charge in [-0.25, -0.2) is 4.39 Å². The van der Waals surface area contributed by atoms with Crippen LogP contribution in [0.5, 0.6) is 0 Å². The van der Waals surface area contributed by atoms with Gasteiger partial charge in [-0.2, -0.15) is 0 Å². The van der Waals surface area contributed by atoms with Crippen molar-refractivity contribution in [2.45, 2.75) is 39.2 Å². The number of halogens is 1. The number of hydrogen-bond donors (Lipinski definition) is 3. The number of nitrogens with one attached hydrogen (secondary N) is 1. The van der Waals surface area contributed by atoms with E-state index in [9.17, 15) is 4.39 Å². The van der Waals surface area contributed by atoms with Crippen molar-refractivity contribution in [1.29, 1.82) is 0 Å². The number of anilines is 2. The Balaban J connectivity index is 2.97. The Morgan fingerprint density at radius 1 is 1.47 bits per heavy atom. The van der Waals surface area contributed by atoms with Crippen molar-refractivity contribution in [3.8, 4) is 0 Å². The highest BCUT2D eigenvalue weighted by atomic mass is 19.1. The second-order valence-corrected chi connectivity index (χ2v) is 4.70. The van der Waals surface area contributed by atoms with Gasteiger partial charge in [-0.05, 0) is 44.4 Å². The molecule has 0 aliphatic rings. The molecule has 0 fully saturated rings. The molecule has 0 saturated heterocycles. The van der Waals surface area contributed by atoms with Crippen LogP contribution in [0.1, 0.15) is 32.3 Å². The highest BCUT2D eigenvalue weighted by molar-refractivity contribution is 5.68. The van der Waals surface area contributed by atoms with Crippen LogP contribution in [0.2, 0.25) is 0 Å². The molecule has 1 aromatic rings. The van der Waals surface area contributed by atoms with Gasteiger partial charge >= 0.3 is 0 Å². The van der Waals surface area contributed by atoms with Gasteiger partial charge in [0.1, 0.15) is 5.82 Å². The monoisotopic (exact) mass is 240 g/mol. The third-order valence-electron chi connectivity index (χ3n) is 3.21. The molecule has 1 unspecified atom stereocenters.